The predicted octanol–water partition coefficient (Wildman–Crippen LogP) is 6.30. The molecule has 4 aromatic rings. The molecule has 1 N–H and O–H groups in total. The second-order valence-electron chi connectivity index (χ2n) is 14.5. The molecule has 0 radical (unpaired) electrons. The van der Waals surface area contributed by atoms with Crippen LogP contribution in [0.4, 0.5) is 0 Å². The number of likely N-dealkylation sites (tertiary alicyclic amines) is 1. The van der Waals surface area contributed by atoms with Crippen molar-refractivity contribution >= 4 is 19.7 Å². The third-order valence-electron chi connectivity index (χ3n) is 9.38. The molecule has 1 fully saturated rings. The molecule has 0 spiro atoms. The van der Waals surface area contributed by atoms with Crippen LogP contribution >= 0.6 is 11.3 Å². The van der Waals surface area contributed by atoms with Gasteiger partial charge in [-0.3, -0.25) is 4.68 Å². The monoisotopic (exact) mass is 649 g/mol. The molecule has 0 amide bonds. The smallest absolute Gasteiger partial charge is 0.192 e. The van der Waals surface area contributed by atoms with Crippen molar-refractivity contribution in [2.24, 2.45) is 0 Å². The largest absolute Gasteiger partial charge is 0.492 e. The van der Waals surface area contributed by atoms with Crippen LogP contribution in [0.2, 0.25) is 18.1 Å². The first-order valence-corrected chi connectivity index (χ1v) is 19.8. The number of hydrogen-bond donors (Lipinski definition) is 1. The van der Waals surface area contributed by atoms with Crippen LogP contribution in [0.5, 0.6) is 5.75 Å². The van der Waals surface area contributed by atoms with E-state index in [4.69, 9.17) is 19.1 Å². The maximum atomic E-state index is 10.2. The Labute approximate surface area is 271 Å². The van der Waals surface area contributed by atoms with Crippen LogP contribution in [-0.4, -0.2) is 86.3 Å². The van der Waals surface area contributed by atoms with Crippen molar-refractivity contribution in [1.82, 2.24) is 34.4 Å². The van der Waals surface area contributed by atoms with Gasteiger partial charge in [0.2, 0.25) is 0 Å². The Morgan fingerprint density at radius 1 is 1.09 bits per heavy atom. The van der Waals surface area contributed by atoms with E-state index >= 15 is 0 Å². The number of aromatic nitrogens is 6. The Morgan fingerprint density at radius 3 is 2.60 bits per heavy atom. The molecule has 10 nitrogen and oxygen atoms in total. The molecule has 12 heteroatoms. The van der Waals surface area contributed by atoms with E-state index in [1.54, 1.807) is 36.2 Å². The van der Waals surface area contributed by atoms with E-state index in [-0.39, 0.29) is 5.04 Å². The zero-order valence-corrected chi connectivity index (χ0v) is 29.5. The Bertz CT molecular complexity index is 1620. The van der Waals surface area contributed by atoms with Crippen LogP contribution < -0.4 is 4.74 Å². The van der Waals surface area contributed by atoms with Gasteiger partial charge in [0, 0.05) is 54.9 Å². The van der Waals surface area contributed by atoms with E-state index in [2.05, 4.69) is 71.8 Å². The molecule has 0 unspecified atom stereocenters. The third-order valence-corrected chi connectivity index (χ3v) is 15.0. The molecule has 0 bridgehead atoms. The minimum atomic E-state index is -1.72. The van der Waals surface area contributed by atoms with Crippen molar-refractivity contribution < 1.29 is 14.3 Å². The van der Waals surface area contributed by atoms with Crippen molar-refractivity contribution in [2.45, 2.75) is 90.2 Å². The summed E-state index contributed by atoms with van der Waals surface area (Å²) < 4.78 is 16.5. The molecular formula is C33H47N7O3SSi. The summed E-state index contributed by atoms with van der Waals surface area (Å²) in [5.41, 5.74) is 3.14. The van der Waals surface area contributed by atoms with E-state index in [1.807, 2.05) is 12.4 Å². The topological polar surface area (TPSA) is 103 Å². The van der Waals surface area contributed by atoms with Crippen LogP contribution in [0.25, 0.3) is 33.2 Å². The van der Waals surface area contributed by atoms with Gasteiger partial charge in [-0.15, -0.1) is 11.3 Å². The molecule has 0 aliphatic carbocycles. The van der Waals surface area contributed by atoms with Crippen LogP contribution in [0.15, 0.2) is 36.9 Å². The van der Waals surface area contributed by atoms with E-state index in [9.17, 15) is 5.11 Å². The molecule has 242 valence electrons. The maximum Gasteiger partial charge on any atom is 0.192 e. The Kier molecular flexibility index (Phi) is 8.81. The molecule has 45 heavy (non-hydrogen) atoms. The van der Waals surface area contributed by atoms with E-state index in [0.29, 0.717) is 19.2 Å². The van der Waals surface area contributed by atoms with Crippen molar-refractivity contribution in [3.63, 3.8) is 0 Å². The van der Waals surface area contributed by atoms with Crippen LogP contribution in [0.1, 0.15) is 58.4 Å². The Hall–Kier alpha value is -2.90. The maximum absolute atomic E-state index is 10.2. The van der Waals surface area contributed by atoms with Gasteiger partial charge in [-0.2, -0.15) is 10.2 Å². The van der Waals surface area contributed by atoms with Gasteiger partial charge in [0.05, 0.1) is 36.7 Å². The molecule has 2 aliphatic rings. The van der Waals surface area contributed by atoms with E-state index < -0.39 is 13.9 Å². The average molecular weight is 650 g/mol. The van der Waals surface area contributed by atoms with Crippen LogP contribution in [0.3, 0.4) is 0 Å². The minimum Gasteiger partial charge on any atom is -0.492 e. The third kappa shape index (κ3) is 7.09. The van der Waals surface area contributed by atoms with Crippen LogP contribution in [-0.2, 0) is 17.4 Å². The zero-order valence-electron chi connectivity index (χ0n) is 27.7. The number of aliphatic hydroxyl groups is 1. The fourth-order valence-electron chi connectivity index (χ4n) is 5.80. The summed E-state index contributed by atoms with van der Waals surface area (Å²) in [7, 11) is -1.72. The fraction of sp³-hybridized carbons (Fsp3) is 0.576. The van der Waals surface area contributed by atoms with Gasteiger partial charge < -0.3 is 19.2 Å². The zero-order chi connectivity index (χ0) is 32.0. The van der Waals surface area contributed by atoms with Gasteiger partial charge in [-0.05, 0) is 62.5 Å². The first-order chi connectivity index (χ1) is 21.3. The van der Waals surface area contributed by atoms with E-state index in [1.165, 1.54) is 4.88 Å². The second-order valence-corrected chi connectivity index (χ2v) is 20.4. The number of thiazole rings is 1. The summed E-state index contributed by atoms with van der Waals surface area (Å²) in [5.74, 6) is 1.68. The lowest BCUT2D eigenvalue weighted by molar-refractivity contribution is 0.0577. The average Bonchev–Trinajstić information content (AvgIpc) is 3.70. The van der Waals surface area contributed by atoms with Crippen LogP contribution in [0, 0.1) is 0 Å². The van der Waals surface area contributed by atoms with Gasteiger partial charge in [0.1, 0.15) is 12.1 Å². The summed E-state index contributed by atoms with van der Waals surface area (Å²) in [5, 5.41) is 20.4. The van der Waals surface area contributed by atoms with Crippen molar-refractivity contribution in [3.8, 4) is 39.0 Å². The molecule has 5 heterocycles. The number of ether oxygens (including phenoxy) is 1. The highest BCUT2D eigenvalue weighted by Gasteiger charge is 2.37. The number of hydrogen-bond acceptors (Lipinski definition) is 9. The SMILES string of the molecule is CC(C)(O)Cn1cc(-c2ccc3c(c2)OCCc2sc(-c4ncnn4C4CCN(CCO[Si](C)(C)C(C)(C)C)CC4)nc2-3)cn1. The normalized spacial score (nSPS) is 16.7. The Balaban J connectivity index is 1.14. The molecule has 0 saturated carbocycles. The lowest BCUT2D eigenvalue weighted by atomic mass is 10.0. The predicted molar refractivity (Wildman–Crippen MR) is 181 cm³/mol. The highest BCUT2D eigenvalue weighted by atomic mass is 32.1. The minimum absolute atomic E-state index is 0.236. The number of nitrogens with zero attached hydrogens (tertiary/aromatic N) is 7. The fourth-order valence-corrected chi connectivity index (χ4v) is 7.88. The first kappa shape index (κ1) is 32.1. The van der Waals surface area contributed by atoms with Gasteiger partial charge in [-0.1, -0.05) is 26.8 Å². The lowest BCUT2D eigenvalue weighted by Gasteiger charge is -2.37. The molecule has 3 aromatic heterocycles. The second kappa shape index (κ2) is 12.4. The molecule has 6 rings (SSSR count). The number of piperidine rings is 1. The molecular weight excluding hydrogens is 603 g/mol. The summed E-state index contributed by atoms with van der Waals surface area (Å²) in [6, 6.07) is 6.57. The molecule has 1 saturated heterocycles. The van der Waals surface area contributed by atoms with Crippen molar-refractivity contribution in [1.29, 1.82) is 0 Å². The lowest BCUT2D eigenvalue weighted by Crippen LogP contribution is -2.44. The summed E-state index contributed by atoms with van der Waals surface area (Å²) >= 11 is 1.70. The summed E-state index contributed by atoms with van der Waals surface area (Å²) in [6.45, 7) is 20.0. The summed E-state index contributed by atoms with van der Waals surface area (Å²) in [4.78, 5) is 13.6. The van der Waals surface area contributed by atoms with Gasteiger partial charge in [0.25, 0.3) is 0 Å². The van der Waals surface area contributed by atoms with Gasteiger partial charge in [-0.25, -0.2) is 14.6 Å². The highest BCUT2D eigenvalue weighted by molar-refractivity contribution is 7.15. The van der Waals surface area contributed by atoms with Gasteiger partial charge >= 0.3 is 0 Å². The van der Waals surface area contributed by atoms with Crippen molar-refractivity contribution in [2.75, 3.05) is 32.8 Å². The summed E-state index contributed by atoms with van der Waals surface area (Å²) in [6.07, 6.45) is 8.33. The number of benzene rings is 1. The number of rotatable bonds is 9. The quantitative estimate of drug-likeness (QED) is 0.211. The van der Waals surface area contributed by atoms with Gasteiger partial charge in [0.15, 0.2) is 19.1 Å². The number of fused-ring (bicyclic) bond motifs is 3. The van der Waals surface area contributed by atoms with E-state index in [0.717, 1.165) is 84.5 Å². The Morgan fingerprint density at radius 2 is 1.87 bits per heavy atom. The molecule has 1 aromatic carbocycles. The molecule has 0 atom stereocenters. The molecule has 2 aliphatic heterocycles. The standard InChI is InChI=1S/C33H47N7O3SSi/c1-32(2,3)45(6,7)43-17-15-38-13-10-25(11-14-38)40-30(34-22-36-40)31-37-29-26-9-8-23(18-27(26)42-16-12-28(29)44-31)24-19-35-39(20-24)21-33(4,5)41/h8-9,18-20,22,25,41H,10-17,21H2,1-7H3. The first-order valence-electron chi connectivity index (χ1n) is 16.1. The van der Waals surface area contributed by atoms with Crippen molar-refractivity contribution in [3.05, 3.63) is 41.8 Å². The highest BCUT2D eigenvalue weighted by Crippen LogP contribution is 2.42.